The number of hydrogen-bond donors (Lipinski definition) is 0. The van der Waals surface area contributed by atoms with Crippen molar-refractivity contribution in [3.8, 4) is 17.7 Å². The molecule has 156 valence electrons. The van der Waals surface area contributed by atoms with Crippen LogP contribution < -0.4 is 4.74 Å². The average Bonchev–Trinajstić information content (AvgIpc) is 3.40. The minimum Gasteiger partial charge on any atom is -0.476 e. The third-order valence-corrected chi connectivity index (χ3v) is 5.59. The smallest absolute Gasteiger partial charge is 0.416 e. The van der Waals surface area contributed by atoms with Crippen molar-refractivity contribution < 1.29 is 17.9 Å². The molecule has 3 aromatic rings. The molecular formula is C22H20F3N3OS. The van der Waals surface area contributed by atoms with Gasteiger partial charge in [0.2, 0.25) is 5.88 Å². The van der Waals surface area contributed by atoms with Gasteiger partial charge in [-0.15, -0.1) is 11.3 Å². The van der Waals surface area contributed by atoms with Gasteiger partial charge in [0, 0.05) is 22.9 Å². The van der Waals surface area contributed by atoms with Crippen LogP contribution in [-0.4, -0.2) is 41.1 Å². The number of alkyl halides is 3. The Kier molecular flexibility index (Phi) is 6.21. The summed E-state index contributed by atoms with van der Waals surface area (Å²) in [6.45, 7) is 3.78. The van der Waals surface area contributed by atoms with Crippen molar-refractivity contribution in [2.45, 2.75) is 25.4 Å². The maximum Gasteiger partial charge on any atom is 0.416 e. The summed E-state index contributed by atoms with van der Waals surface area (Å²) in [4.78, 5) is 11.5. The molecule has 1 fully saturated rings. The second-order valence-electron chi connectivity index (χ2n) is 7.10. The van der Waals surface area contributed by atoms with E-state index in [4.69, 9.17) is 4.74 Å². The minimum atomic E-state index is -4.36. The Morgan fingerprint density at radius 2 is 1.70 bits per heavy atom. The fourth-order valence-electron chi connectivity index (χ4n) is 3.30. The standard InChI is InChI=1S/C22H20F3N3OS/c23-22(24,25)17-7-4-16(5-8-17)6-9-18-21(27-20-15-30-14-19(20)26-18)29-13-3-12-28-10-1-2-11-28/h4-5,7-8,14-15H,1-3,10-13H2. The molecule has 2 aromatic heterocycles. The van der Waals surface area contributed by atoms with Crippen molar-refractivity contribution in [2.75, 3.05) is 26.2 Å². The van der Waals surface area contributed by atoms with Gasteiger partial charge >= 0.3 is 6.18 Å². The Hall–Kier alpha value is -2.63. The van der Waals surface area contributed by atoms with Gasteiger partial charge in [0.15, 0.2) is 5.69 Å². The molecule has 4 rings (SSSR count). The van der Waals surface area contributed by atoms with Crippen LogP contribution in [0.5, 0.6) is 5.88 Å². The zero-order valence-electron chi connectivity index (χ0n) is 16.2. The minimum absolute atomic E-state index is 0.363. The van der Waals surface area contributed by atoms with E-state index in [1.165, 1.54) is 36.3 Å². The fraction of sp³-hybridized carbons (Fsp3) is 0.364. The van der Waals surface area contributed by atoms with Crippen LogP contribution >= 0.6 is 11.3 Å². The molecule has 0 spiro atoms. The summed E-state index contributed by atoms with van der Waals surface area (Å²) < 4.78 is 44.0. The summed E-state index contributed by atoms with van der Waals surface area (Å²) in [6.07, 6.45) is -0.970. The van der Waals surface area contributed by atoms with Crippen LogP contribution in [0, 0.1) is 11.8 Å². The number of likely N-dealkylation sites (tertiary alicyclic amines) is 1. The lowest BCUT2D eigenvalue weighted by Crippen LogP contribution is -2.22. The molecule has 0 N–H and O–H groups in total. The first-order valence-corrected chi connectivity index (χ1v) is 10.7. The van der Waals surface area contributed by atoms with Crippen molar-refractivity contribution in [3.05, 3.63) is 51.8 Å². The number of benzene rings is 1. The Labute approximate surface area is 176 Å². The lowest BCUT2D eigenvalue weighted by molar-refractivity contribution is -0.137. The molecule has 3 heterocycles. The van der Waals surface area contributed by atoms with Crippen LogP contribution in [0.4, 0.5) is 13.2 Å². The van der Waals surface area contributed by atoms with Crippen LogP contribution in [-0.2, 0) is 6.18 Å². The third-order valence-electron chi connectivity index (χ3n) is 4.87. The predicted molar refractivity (Wildman–Crippen MR) is 111 cm³/mol. The molecule has 1 aromatic carbocycles. The summed E-state index contributed by atoms with van der Waals surface area (Å²) in [5.74, 6) is 6.15. The van der Waals surface area contributed by atoms with E-state index in [1.807, 2.05) is 10.8 Å². The van der Waals surface area contributed by atoms with Gasteiger partial charge in [0.1, 0.15) is 11.0 Å². The van der Waals surface area contributed by atoms with Crippen LogP contribution in [0.1, 0.15) is 36.1 Å². The van der Waals surface area contributed by atoms with E-state index in [2.05, 4.69) is 26.7 Å². The van der Waals surface area contributed by atoms with Crippen molar-refractivity contribution >= 4 is 22.4 Å². The van der Waals surface area contributed by atoms with Gasteiger partial charge in [0.25, 0.3) is 0 Å². The number of halogens is 3. The largest absolute Gasteiger partial charge is 0.476 e. The molecule has 30 heavy (non-hydrogen) atoms. The average molecular weight is 431 g/mol. The second kappa shape index (κ2) is 9.02. The Morgan fingerprint density at radius 1 is 1.00 bits per heavy atom. The Morgan fingerprint density at radius 3 is 2.40 bits per heavy atom. The highest BCUT2D eigenvalue weighted by Gasteiger charge is 2.29. The van der Waals surface area contributed by atoms with Crippen molar-refractivity contribution in [1.82, 2.24) is 14.9 Å². The SMILES string of the molecule is FC(F)(F)c1ccc(C#Cc2nc3cscc3nc2OCCCN2CCCC2)cc1. The Balaban J connectivity index is 1.49. The van der Waals surface area contributed by atoms with Crippen LogP contribution in [0.2, 0.25) is 0 Å². The highest BCUT2D eigenvalue weighted by molar-refractivity contribution is 7.09. The summed E-state index contributed by atoms with van der Waals surface area (Å²) in [6, 6.07) is 4.74. The molecule has 0 bridgehead atoms. The maximum atomic E-state index is 12.7. The number of aromatic nitrogens is 2. The molecule has 4 nitrogen and oxygen atoms in total. The van der Waals surface area contributed by atoms with Gasteiger partial charge in [-0.05, 0) is 62.5 Å². The number of thiophene rings is 1. The van der Waals surface area contributed by atoms with Crippen molar-refractivity contribution in [1.29, 1.82) is 0 Å². The van der Waals surface area contributed by atoms with E-state index >= 15 is 0 Å². The van der Waals surface area contributed by atoms with E-state index in [1.54, 1.807) is 0 Å². The number of fused-ring (bicyclic) bond motifs is 1. The number of nitrogens with zero attached hydrogens (tertiary/aromatic N) is 3. The molecule has 1 aliphatic rings. The fourth-order valence-corrected chi connectivity index (χ4v) is 3.97. The number of hydrogen-bond acceptors (Lipinski definition) is 5. The molecule has 8 heteroatoms. The number of rotatable bonds is 5. The summed E-state index contributed by atoms with van der Waals surface area (Å²) >= 11 is 1.49. The van der Waals surface area contributed by atoms with E-state index < -0.39 is 11.7 Å². The molecule has 0 radical (unpaired) electrons. The van der Waals surface area contributed by atoms with Crippen LogP contribution in [0.15, 0.2) is 35.0 Å². The molecule has 0 unspecified atom stereocenters. The molecule has 0 atom stereocenters. The zero-order chi connectivity index (χ0) is 21.0. The van der Waals surface area contributed by atoms with Gasteiger partial charge in [-0.25, -0.2) is 9.97 Å². The van der Waals surface area contributed by atoms with Gasteiger partial charge in [-0.3, -0.25) is 0 Å². The maximum absolute atomic E-state index is 12.7. The quantitative estimate of drug-likeness (QED) is 0.422. The molecular weight excluding hydrogens is 411 g/mol. The van der Waals surface area contributed by atoms with E-state index in [-0.39, 0.29) is 0 Å². The predicted octanol–water partition coefficient (Wildman–Crippen LogP) is 4.97. The van der Waals surface area contributed by atoms with E-state index in [0.717, 1.165) is 49.2 Å². The topological polar surface area (TPSA) is 38.3 Å². The molecule has 1 aliphatic heterocycles. The number of ether oxygens (including phenoxy) is 1. The normalized spacial score (nSPS) is 14.6. The van der Waals surface area contributed by atoms with Gasteiger partial charge in [0.05, 0.1) is 12.2 Å². The highest BCUT2D eigenvalue weighted by atomic mass is 32.1. The zero-order valence-corrected chi connectivity index (χ0v) is 17.0. The summed E-state index contributed by atoms with van der Waals surface area (Å²) in [5.41, 5.74) is 1.63. The second-order valence-corrected chi connectivity index (χ2v) is 7.84. The Bertz CT molecular complexity index is 1060. The highest BCUT2D eigenvalue weighted by Crippen LogP contribution is 2.29. The monoisotopic (exact) mass is 431 g/mol. The lowest BCUT2D eigenvalue weighted by atomic mass is 10.1. The first-order valence-electron chi connectivity index (χ1n) is 9.77. The van der Waals surface area contributed by atoms with Crippen LogP contribution in [0.3, 0.4) is 0 Å². The van der Waals surface area contributed by atoms with E-state index in [0.29, 0.717) is 23.7 Å². The first kappa shape index (κ1) is 20.6. The van der Waals surface area contributed by atoms with Gasteiger partial charge < -0.3 is 9.64 Å². The van der Waals surface area contributed by atoms with Crippen molar-refractivity contribution in [3.63, 3.8) is 0 Å². The van der Waals surface area contributed by atoms with Gasteiger partial charge in [-0.1, -0.05) is 5.92 Å². The van der Waals surface area contributed by atoms with Crippen molar-refractivity contribution in [2.24, 2.45) is 0 Å². The lowest BCUT2D eigenvalue weighted by Gasteiger charge is -2.14. The molecule has 0 saturated carbocycles. The molecule has 0 aliphatic carbocycles. The first-order chi connectivity index (χ1) is 14.5. The molecule has 0 amide bonds. The summed E-state index contributed by atoms with van der Waals surface area (Å²) in [7, 11) is 0. The van der Waals surface area contributed by atoms with Gasteiger partial charge in [-0.2, -0.15) is 13.2 Å². The van der Waals surface area contributed by atoms with E-state index in [9.17, 15) is 13.2 Å². The third kappa shape index (κ3) is 5.10. The molecule has 1 saturated heterocycles. The summed E-state index contributed by atoms with van der Waals surface area (Å²) in [5, 5.41) is 3.77. The van der Waals surface area contributed by atoms with Crippen LogP contribution in [0.25, 0.3) is 11.0 Å².